The molecular weight excluding hydrogens is 243 g/mol. The number of hydrogen-bond donors (Lipinski definition) is 1. The molecule has 3 aromatic rings. The normalized spacial score (nSPS) is 10.8. The van der Waals surface area contributed by atoms with E-state index in [1.165, 1.54) is 23.3 Å². The second-order valence-corrected chi connectivity index (χ2v) is 4.45. The first kappa shape index (κ1) is 11.7. The Morgan fingerprint density at radius 1 is 1.21 bits per heavy atom. The highest BCUT2D eigenvalue weighted by atomic mass is 19.1. The summed E-state index contributed by atoms with van der Waals surface area (Å²) in [5.74, 6) is 0.271. The Balaban J connectivity index is 1.86. The Bertz CT molecular complexity index is 721. The van der Waals surface area contributed by atoms with Gasteiger partial charge in [0.2, 0.25) is 0 Å². The lowest BCUT2D eigenvalue weighted by atomic mass is 10.1. The van der Waals surface area contributed by atoms with Gasteiger partial charge in [-0.2, -0.15) is 0 Å². The molecule has 2 aromatic carbocycles. The van der Waals surface area contributed by atoms with Crippen LogP contribution in [0.5, 0.6) is 0 Å². The van der Waals surface area contributed by atoms with Crippen LogP contribution in [-0.4, -0.2) is 5.16 Å². The predicted molar refractivity (Wildman–Crippen MR) is 72.5 cm³/mol. The summed E-state index contributed by atoms with van der Waals surface area (Å²) in [5.41, 5.74) is 2.96. The van der Waals surface area contributed by atoms with Gasteiger partial charge in [-0.05, 0) is 36.2 Å². The smallest absolute Gasteiger partial charge is 0.177 e. The lowest BCUT2D eigenvalue weighted by Gasteiger charge is -2.06. The molecule has 0 amide bonds. The van der Waals surface area contributed by atoms with Gasteiger partial charge in [-0.3, -0.25) is 0 Å². The highest BCUT2D eigenvalue weighted by Crippen LogP contribution is 2.24. The van der Waals surface area contributed by atoms with Crippen molar-refractivity contribution in [3.05, 3.63) is 59.4 Å². The topological polar surface area (TPSA) is 38.1 Å². The number of fused-ring (bicyclic) bond motifs is 1. The SMILES string of the molecule is Cc1ccccc1CNc1noc2ccc(F)cc12. The van der Waals surface area contributed by atoms with Crippen LogP contribution >= 0.6 is 0 Å². The zero-order valence-corrected chi connectivity index (χ0v) is 10.5. The van der Waals surface area contributed by atoms with E-state index >= 15 is 0 Å². The van der Waals surface area contributed by atoms with Gasteiger partial charge in [-0.25, -0.2) is 4.39 Å². The van der Waals surface area contributed by atoms with E-state index in [4.69, 9.17) is 4.52 Å². The standard InChI is InChI=1S/C15H13FN2O/c1-10-4-2-3-5-11(10)9-17-15-13-8-12(16)6-7-14(13)19-18-15/h2-8H,9H2,1H3,(H,17,18). The van der Waals surface area contributed by atoms with Crippen molar-refractivity contribution >= 4 is 16.8 Å². The van der Waals surface area contributed by atoms with Crippen LogP contribution in [0.15, 0.2) is 47.0 Å². The molecule has 1 N–H and O–H groups in total. The van der Waals surface area contributed by atoms with Crippen LogP contribution in [0.25, 0.3) is 11.0 Å². The van der Waals surface area contributed by atoms with Crippen molar-refractivity contribution in [1.82, 2.24) is 5.16 Å². The molecule has 0 radical (unpaired) electrons. The van der Waals surface area contributed by atoms with E-state index in [1.54, 1.807) is 6.07 Å². The molecule has 0 aliphatic heterocycles. The van der Waals surface area contributed by atoms with Gasteiger partial charge in [0.05, 0.1) is 5.39 Å². The number of benzene rings is 2. The minimum Gasteiger partial charge on any atom is -0.363 e. The minimum atomic E-state index is -0.297. The van der Waals surface area contributed by atoms with Crippen LogP contribution in [0.3, 0.4) is 0 Å². The summed E-state index contributed by atoms with van der Waals surface area (Å²) in [6, 6.07) is 12.5. The molecule has 96 valence electrons. The van der Waals surface area contributed by atoms with Gasteiger partial charge in [0.1, 0.15) is 5.82 Å². The number of halogens is 1. The first-order valence-corrected chi connectivity index (χ1v) is 6.07. The molecule has 0 atom stereocenters. The van der Waals surface area contributed by atoms with Crippen molar-refractivity contribution in [2.45, 2.75) is 13.5 Å². The molecule has 0 fully saturated rings. The third-order valence-corrected chi connectivity index (χ3v) is 3.14. The van der Waals surface area contributed by atoms with Gasteiger partial charge >= 0.3 is 0 Å². The maximum absolute atomic E-state index is 13.2. The third kappa shape index (κ3) is 2.29. The summed E-state index contributed by atoms with van der Waals surface area (Å²) in [6.07, 6.45) is 0. The molecule has 0 aliphatic rings. The Kier molecular flexibility index (Phi) is 2.91. The van der Waals surface area contributed by atoms with Crippen LogP contribution in [-0.2, 0) is 6.54 Å². The molecule has 0 bridgehead atoms. The van der Waals surface area contributed by atoms with Crippen molar-refractivity contribution in [1.29, 1.82) is 0 Å². The lowest BCUT2D eigenvalue weighted by Crippen LogP contribution is -2.01. The second kappa shape index (κ2) is 4.72. The van der Waals surface area contributed by atoms with Gasteiger partial charge in [0, 0.05) is 6.54 Å². The van der Waals surface area contributed by atoms with E-state index in [2.05, 4.69) is 23.5 Å². The van der Waals surface area contributed by atoms with Crippen molar-refractivity contribution in [2.75, 3.05) is 5.32 Å². The molecule has 3 nitrogen and oxygen atoms in total. The monoisotopic (exact) mass is 256 g/mol. The minimum absolute atomic E-state index is 0.297. The molecule has 0 spiro atoms. The van der Waals surface area contributed by atoms with Crippen LogP contribution in [0.4, 0.5) is 10.2 Å². The average molecular weight is 256 g/mol. The van der Waals surface area contributed by atoms with Crippen molar-refractivity contribution in [3.8, 4) is 0 Å². The summed E-state index contributed by atoms with van der Waals surface area (Å²) < 4.78 is 18.4. The van der Waals surface area contributed by atoms with Gasteiger partial charge in [-0.15, -0.1) is 0 Å². The Morgan fingerprint density at radius 3 is 2.89 bits per heavy atom. The molecule has 0 saturated carbocycles. The van der Waals surface area contributed by atoms with E-state index in [0.29, 0.717) is 23.3 Å². The molecule has 19 heavy (non-hydrogen) atoms. The van der Waals surface area contributed by atoms with E-state index in [0.717, 1.165) is 0 Å². The number of aromatic nitrogens is 1. The third-order valence-electron chi connectivity index (χ3n) is 3.14. The largest absolute Gasteiger partial charge is 0.363 e. The van der Waals surface area contributed by atoms with Gasteiger partial charge in [0.15, 0.2) is 11.4 Å². The van der Waals surface area contributed by atoms with Crippen LogP contribution in [0, 0.1) is 12.7 Å². The van der Waals surface area contributed by atoms with E-state index in [1.807, 2.05) is 18.2 Å². The molecular formula is C15H13FN2O. The number of hydrogen-bond acceptors (Lipinski definition) is 3. The second-order valence-electron chi connectivity index (χ2n) is 4.45. The first-order valence-electron chi connectivity index (χ1n) is 6.07. The number of anilines is 1. The molecule has 3 rings (SSSR count). The van der Waals surface area contributed by atoms with Crippen molar-refractivity contribution in [3.63, 3.8) is 0 Å². The maximum atomic E-state index is 13.2. The van der Waals surface area contributed by atoms with Crippen LogP contribution < -0.4 is 5.32 Å². The molecule has 0 unspecified atom stereocenters. The Morgan fingerprint density at radius 2 is 2.05 bits per heavy atom. The maximum Gasteiger partial charge on any atom is 0.177 e. The van der Waals surface area contributed by atoms with Crippen molar-refractivity contribution in [2.24, 2.45) is 0 Å². The summed E-state index contributed by atoms with van der Waals surface area (Å²) in [7, 11) is 0. The molecule has 4 heteroatoms. The van der Waals surface area contributed by atoms with Crippen LogP contribution in [0.1, 0.15) is 11.1 Å². The average Bonchev–Trinajstić information content (AvgIpc) is 2.80. The molecule has 1 aromatic heterocycles. The van der Waals surface area contributed by atoms with Crippen LogP contribution in [0.2, 0.25) is 0 Å². The molecule has 1 heterocycles. The summed E-state index contributed by atoms with van der Waals surface area (Å²) in [6.45, 7) is 2.68. The van der Waals surface area contributed by atoms with E-state index in [-0.39, 0.29) is 5.82 Å². The zero-order chi connectivity index (χ0) is 13.2. The predicted octanol–water partition coefficient (Wildman–Crippen LogP) is 3.89. The van der Waals surface area contributed by atoms with Gasteiger partial charge < -0.3 is 9.84 Å². The number of nitrogens with zero attached hydrogens (tertiary/aromatic N) is 1. The fourth-order valence-electron chi connectivity index (χ4n) is 2.03. The first-order chi connectivity index (χ1) is 9.24. The lowest BCUT2D eigenvalue weighted by molar-refractivity contribution is 0.459. The van der Waals surface area contributed by atoms with Gasteiger partial charge in [-0.1, -0.05) is 29.4 Å². The van der Waals surface area contributed by atoms with E-state index in [9.17, 15) is 4.39 Å². The summed E-state index contributed by atoms with van der Waals surface area (Å²) >= 11 is 0. The quantitative estimate of drug-likeness (QED) is 0.772. The fraction of sp³-hybridized carbons (Fsp3) is 0.133. The van der Waals surface area contributed by atoms with Crippen molar-refractivity contribution < 1.29 is 8.91 Å². The number of nitrogens with one attached hydrogen (secondary N) is 1. The Hall–Kier alpha value is -2.36. The Labute approximate surface area is 110 Å². The van der Waals surface area contributed by atoms with E-state index < -0.39 is 0 Å². The number of aryl methyl sites for hydroxylation is 1. The van der Waals surface area contributed by atoms with Gasteiger partial charge in [0.25, 0.3) is 0 Å². The molecule has 0 aliphatic carbocycles. The summed E-state index contributed by atoms with van der Waals surface area (Å²) in [5, 5.41) is 7.77. The highest BCUT2D eigenvalue weighted by molar-refractivity contribution is 5.87. The molecule has 0 saturated heterocycles. The zero-order valence-electron chi connectivity index (χ0n) is 10.5. The summed E-state index contributed by atoms with van der Waals surface area (Å²) in [4.78, 5) is 0. The highest BCUT2D eigenvalue weighted by Gasteiger charge is 2.09. The fourth-order valence-corrected chi connectivity index (χ4v) is 2.03. The number of rotatable bonds is 3.